The predicted molar refractivity (Wildman–Crippen MR) is 93.9 cm³/mol. The summed E-state index contributed by atoms with van der Waals surface area (Å²) in [5.41, 5.74) is 1.46. The summed E-state index contributed by atoms with van der Waals surface area (Å²) < 4.78 is 5.20. The van der Waals surface area contributed by atoms with E-state index < -0.39 is 0 Å². The summed E-state index contributed by atoms with van der Waals surface area (Å²) >= 11 is 0. The first-order chi connectivity index (χ1) is 12.1. The van der Waals surface area contributed by atoms with Gasteiger partial charge in [-0.3, -0.25) is 4.79 Å². The summed E-state index contributed by atoms with van der Waals surface area (Å²) in [6.45, 7) is 4.52. The van der Waals surface area contributed by atoms with E-state index in [-0.39, 0.29) is 11.9 Å². The average Bonchev–Trinajstić information content (AvgIpc) is 3.29. The van der Waals surface area contributed by atoms with E-state index in [2.05, 4.69) is 17.6 Å². The monoisotopic (exact) mass is 341 g/mol. The number of carbonyl (C=O) groups excluding carboxylic acids is 2. The van der Waals surface area contributed by atoms with E-state index in [0.29, 0.717) is 30.3 Å². The number of carbonyl (C=O) groups is 2. The molecule has 25 heavy (non-hydrogen) atoms. The minimum atomic E-state index is -0.169. The van der Waals surface area contributed by atoms with Gasteiger partial charge in [0.2, 0.25) is 0 Å². The van der Waals surface area contributed by atoms with E-state index in [1.807, 2.05) is 23.1 Å². The van der Waals surface area contributed by atoms with Crippen LogP contribution in [0.15, 0.2) is 47.1 Å². The van der Waals surface area contributed by atoms with Crippen LogP contribution >= 0.6 is 0 Å². The van der Waals surface area contributed by atoms with Gasteiger partial charge in [-0.05, 0) is 42.2 Å². The summed E-state index contributed by atoms with van der Waals surface area (Å²) in [7, 11) is 0. The molecule has 1 aliphatic rings. The van der Waals surface area contributed by atoms with Crippen molar-refractivity contribution in [1.29, 1.82) is 0 Å². The molecule has 1 unspecified atom stereocenters. The fourth-order valence-corrected chi connectivity index (χ4v) is 2.91. The van der Waals surface area contributed by atoms with E-state index in [1.54, 1.807) is 24.5 Å². The van der Waals surface area contributed by atoms with Crippen molar-refractivity contribution in [3.05, 3.63) is 59.5 Å². The molecule has 2 aromatic rings. The highest BCUT2D eigenvalue weighted by Crippen LogP contribution is 2.15. The van der Waals surface area contributed by atoms with Crippen molar-refractivity contribution in [2.75, 3.05) is 13.1 Å². The zero-order valence-corrected chi connectivity index (χ0v) is 14.3. The second kappa shape index (κ2) is 7.88. The van der Waals surface area contributed by atoms with Crippen molar-refractivity contribution in [2.45, 2.75) is 26.4 Å². The van der Waals surface area contributed by atoms with Gasteiger partial charge in [0, 0.05) is 25.2 Å². The number of urea groups is 1. The molecule has 1 fully saturated rings. The fourth-order valence-electron chi connectivity index (χ4n) is 2.91. The van der Waals surface area contributed by atoms with Crippen LogP contribution in [0.4, 0.5) is 4.79 Å². The van der Waals surface area contributed by atoms with Gasteiger partial charge in [0.05, 0.1) is 12.8 Å². The Morgan fingerprint density at radius 3 is 2.80 bits per heavy atom. The lowest BCUT2D eigenvalue weighted by molar-refractivity contribution is 0.0948. The van der Waals surface area contributed by atoms with E-state index in [1.165, 1.54) is 0 Å². The van der Waals surface area contributed by atoms with Crippen LogP contribution in [0.25, 0.3) is 0 Å². The zero-order valence-electron chi connectivity index (χ0n) is 14.3. The Kier molecular flexibility index (Phi) is 5.38. The third kappa shape index (κ3) is 4.62. The Morgan fingerprint density at radius 1 is 1.20 bits per heavy atom. The van der Waals surface area contributed by atoms with Crippen LogP contribution in [0.5, 0.6) is 0 Å². The molecule has 0 bridgehead atoms. The highest BCUT2D eigenvalue weighted by Gasteiger charge is 2.22. The number of rotatable bonds is 5. The molecule has 2 N–H and O–H groups in total. The maximum absolute atomic E-state index is 12.2. The summed E-state index contributed by atoms with van der Waals surface area (Å²) in [5.74, 6) is 1.10. The highest BCUT2D eigenvalue weighted by molar-refractivity contribution is 5.94. The van der Waals surface area contributed by atoms with Crippen LogP contribution in [0, 0.1) is 5.92 Å². The van der Waals surface area contributed by atoms with Gasteiger partial charge in [-0.2, -0.15) is 0 Å². The van der Waals surface area contributed by atoms with Crippen LogP contribution in [-0.2, 0) is 13.1 Å². The lowest BCUT2D eigenvalue weighted by Gasteiger charge is -2.17. The number of amides is 3. The number of likely N-dealkylation sites (tertiary alicyclic amines) is 1. The lowest BCUT2D eigenvalue weighted by atomic mass is 10.1. The number of nitrogens with zero attached hydrogens (tertiary/aromatic N) is 1. The molecule has 0 saturated carbocycles. The molecule has 0 aliphatic carbocycles. The van der Waals surface area contributed by atoms with Crippen LogP contribution in [-0.4, -0.2) is 29.9 Å². The SMILES string of the molecule is CC1CCN(C(=O)NCc2cccc(C(=O)NCc3ccco3)c2)C1. The topological polar surface area (TPSA) is 74.6 Å². The molecule has 1 atom stereocenters. The van der Waals surface area contributed by atoms with Crippen molar-refractivity contribution < 1.29 is 14.0 Å². The molecule has 2 heterocycles. The van der Waals surface area contributed by atoms with E-state index in [9.17, 15) is 9.59 Å². The largest absolute Gasteiger partial charge is 0.467 e. The first kappa shape index (κ1) is 17.1. The quantitative estimate of drug-likeness (QED) is 0.878. The van der Waals surface area contributed by atoms with E-state index >= 15 is 0 Å². The molecule has 132 valence electrons. The third-order valence-electron chi connectivity index (χ3n) is 4.35. The Morgan fingerprint density at radius 2 is 2.08 bits per heavy atom. The fraction of sp³-hybridized carbons (Fsp3) is 0.368. The number of furan rings is 1. The number of nitrogens with one attached hydrogen (secondary N) is 2. The maximum atomic E-state index is 12.2. The Labute approximate surface area is 147 Å². The van der Waals surface area contributed by atoms with E-state index in [4.69, 9.17) is 4.42 Å². The van der Waals surface area contributed by atoms with Gasteiger partial charge >= 0.3 is 6.03 Å². The van der Waals surface area contributed by atoms with Gasteiger partial charge in [0.25, 0.3) is 5.91 Å². The summed E-state index contributed by atoms with van der Waals surface area (Å²) in [6, 6.07) is 10.8. The average molecular weight is 341 g/mol. The predicted octanol–water partition coefficient (Wildman–Crippen LogP) is 2.76. The Bertz CT molecular complexity index is 727. The van der Waals surface area contributed by atoms with Crippen LogP contribution in [0.1, 0.15) is 35.0 Å². The normalized spacial score (nSPS) is 16.7. The smallest absolute Gasteiger partial charge is 0.317 e. The number of hydrogen-bond acceptors (Lipinski definition) is 3. The molecule has 3 amide bonds. The van der Waals surface area contributed by atoms with Gasteiger partial charge in [-0.25, -0.2) is 4.79 Å². The van der Waals surface area contributed by atoms with Gasteiger partial charge in [-0.15, -0.1) is 0 Å². The molecule has 1 saturated heterocycles. The van der Waals surface area contributed by atoms with Crippen LogP contribution in [0.2, 0.25) is 0 Å². The van der Waals surface area contributed by atoms with E-state index in [0.717, 1.165) is 25.1 Å². The van der Waals surface area contributed by atoms with Crippen molar-refractivity contribution in [2.24, 2.45) is 5.92 Å². The zero-order chi connectivity index (χ0) is 17.6. The molecule has 1 aromatic carbocycles. The Hall–Kier alpha value is -2.76. The summed E-state index contributed by atoms with van der Waals surface area (Å²) in [5, 5.41) is 5.74. The van der Waals surface area contributed by atoms with Crippen molar-refractivity contribution in [3.63, 3.8) is 0 Å². The molecule has 6 nitrogen and oxygen atoms in total. The molecule has 1 aromatic heterocycles. The lowest BCUT2D eigenvalue weighted by Crippen LogP contribution is -2.38. The molecule has 0 spiro atoms. The highest BCUT2D eigenvalue weighted by atomic mass is 16.3. The number of hydrogen-bond donors (Lipinski definition) is 2. The van der Waals surface area contributed by atoms with Crippen molar-refractivity contribution >= 4 is 11.9 Å². The van der Waals surface area contributed by atoms with Gasteiger partial charge in [-0.1, -0.05) is 19.1 Å². The summed E-state index contributed by atoms with van der Waals surface area (Å²) in [4.78, 5) is 26.2. The second-order valence-electron chi connectivity index (χ2n) is 6.46. The molecule has 0 radical (unpaired) electrons. The molecule has 6 heteroatoms. The van der Waals surface area contributed by atoms with Gasteiger partial charge in [0.15, 0.2) is 0 Å². The first-order valence-corrected chi connectivity index (χ1v) is 8.54. The van der Waals surface area contributed by atoms with Crippen LogP contribution in [0.3, 0.4) is 0 Å². The summed E-state index contributed by atoms with van der Waals surface area (Å²) in [6.07, 6.45) is 2.63. The second-order valence-corrected chi connectivity index (χ2v) is 6.46. The third-order valence-corrected chi connectivity index (χ3v) is 4.35. The minimum Gasteiger partial charge on any atom is -0.467 e. The molecular formula is C19H23N3O3. The molecule has 1 aliphatic heterocycles. The van der Waals surface area contributed by atoms with Gasteiger partial charge in [0.1, 0.15) is 5.76 Å². The van der Waals surface area contributed by atoms with Crippen LogP contribution < -0.4 is 10.6 Å². The first-order valence-electron chi connectivity index (χ1n) is 8.54. The van der Waals surface area contributed by atoms with Crippen molar-refractivity contribution in [1.82, 2.24) is 15.5 Å². The molecule has 3 rings (SSSR count). The van der Waals surface area contributed by atoms with Crippen molar-refractivity contribution in [3.8, 4) is 0 Å². The maximum Gasteiger partial charge on any atom is 0.317 e. The minimum absolute atomic E-state index is 0.0444. The van der Waals surface area contributed by atoms with Gasteiger partial charge < -0.3 is 20.0 Å². The standard InChI is InChI=1S/C19H23N3O3/c1-14-7-8-22(13-14)19(24)21-11-15-4-2-5-16(10-15)18(23)20-12-17-6-3-9-25-17/h2-6,9-10,14H,7-8,11-13H2,1H3,(H,20,23)(H,21,24). The Balaban J connectivity index is 1.52. The number of benzene rings is 1. The molecular weight excluding hydrogens is 318 g/mol.